The Morgan fingerprint density at radius 1 is 1.24 bits per heavy atom. The summed E-state index contributed by atoms with van der Waals surface area (Å²) in [6.45, 7) is 0.584. The van der Waals surface area contributed by atoms with Gasteiger partial charge in [0.25, 0.3) is 0 Å². The van der Waals surface area contributed by atoms with E-state index in [1.807, 2.05) is 0 Å². The number of carbonyl (C=O) groups is 2. The van der Waals surface area contributed by atoms with Gasteiger partial charge in [0.05, 0.1) is 11.3 Å². The molecule has 2 amide bonds. The number of carbonyl (C=O) groups excluding carboxylic acids is 1. The van der Waals surface area contributed by atoms with Gasteiger partial charge in [0.2, 0.25) is 0 Å². The lowest BCUT2D eigenvalue weighted by Gasteiger charge is -2.21. The van der Waals surface area contributed by atoms with Crippen LogP contribution in [0.3, 0.4) is 0 Å². The molecule has 114 valence electrons. The first-order chi connectivity index (χ1) is 10.1. The van der Waals surface area contributed by atoms with Gasteiger partial charge in [0.1, 0.15) is 5.82 Å². The minimum Gasteiger partial charge on any atom is -0.478 e. The molecule has 0 spiro atoms. The quantitative estimate of drug-likeness (QED) is 0.797. The Kier molecular flexibility index (Phi) is 5.14. The molecule has 0 bridgehead atoms. The molecule has 0 radical (unpaired) electrons. The van der Waals surface area contributed by atoms with Gasteiger partial charge >= 0.3 is 12.0 Å². The summed E-state index contributed by atoms with van der Waals surface area (Å²) in [5.74, 6) is -1.48. The van der Waals surface area contributed by atoms with Crippen LogP contribution in [-0.4, -0.2) is 23.7 Å². The number of nitrogens with one attached hydrogen (secondary N) is 2. The second-order valence-corrected chi connectivity index (χ2v) is 5.34. The summed E-state index contributed by atoms with van der Waals surface area (Å²) in [4.78, 5) is 22.4. The summed E-state index contributed by atoms with van der Waals surface area (Å²) in [6.07, 6.45) is 5.87. The highest BCUT2D eigenvalue weighted by Gasteiger charge is 2.15. The highest BCUT2D eigenvalue weighted by Crippen LogP contribution is 2.22. The molecule has 1 saturated carbocycles. The van der Waals surface area contributed by atoms with Crippen LogP contribution in [0, 0.1) is 11.7 Å². The predicted octanol–water partition coefficient (Wildman–Crippen LogP) is 3.23. The third-order valence-electron chi connectivity index (χ3n) is 3.74. The number of hydrogen-bond acceptors (Lipinski definition) is 2. The van der Waals surface area contributed by atoms with Gasteiger partial charge in [-0.15, -0.1) is 0 Å². The van der Waals surface area contributed by atoms with Crippen LogP contribution < -0.4 is 10.6 Å². The number of anilines is 1. The molecule has 1 fully saturated rings. The second kappa shape index (κ2) is 7.06. The largest absolute Gasteiger partial charge is 0.478 e. The SMILES string of the molecule is O=C(NCC1CCCCC1)Nc1ccc(C(=O)O)cc1F. The van der Waals surface area contributed by atoms with Crippen molar-refractivity contribution in [2.75, 3.05) is 11.9 Å². The van der Waals surface area contributed by atoms with Crippen molar-refractivity contribution < 1.29 is 19.1 Å². The normalized spacial score (nSPS) is 15.5. The minimum atomic E-state index is -1.21. The van der Waals surface area contributed by atoms with Gasteiger partial charge < -0.3 is 15.7 Å². The molecule has 0 atom stereocenters. The van der Waals surface area contributed by atoms with E-state index >= 15 is 0 Å². The number of aromatic carboxylic acids is 1. The molecule has 0 aromatic heterocycles. The summed E-state index contributed by atoms with van der Waals surface area (Å²) in [6, 6.07) is 2.92. The van der Waals surface area contributed by atoms with Crippen LogP contribution in [-0.2, 0) is 0 Å². The fourth-order valence-corrected chi connectivity index (χ4v) is 2.54. The number of carboxylic acid groups (broad SMARTS) is 1. The number of carboxylic acids is 1. The van der Waals surface area contributed by atoms with E-state index in [1.54, 1.807) is 0 Å². The standard InChI is InChI=1S/C15H19FN2O3/c16-12-8-11(14(19)20)6-7-13(12)18-15(21)17-9-10-4-2-1-3-5-10/h6-8,10H,1-5,9H2,(H,19,20)(H2,17,18,21). The Bertz CT molecular complexity index is 528. The van der Waals surface area contributed by atoms with Gasteiger partial charge in [-0.05, 0) is 37.0 Å². The summed E-state index contributed by atoms with van der Waals surface area (Å²) < 4.78 is 13.7. The molecule has 1 aromatic rings. The molecule has 0 saturated heterocycles. The van der Waals surface area contributed by atoms with Gasteiger partial charge in [-0.1, -0.05) is 19.3 Å². The lowest BCUT2D eigenvalue weighted by Crippen LogP contribution is -2.34. The maximum Gasteiger partial charge on any atom is 0.335 e. The van der Waals surface area contributed by atoms with Gasteiger partial charge in [-0.25, -0.2) is 14.0 Å². The zero-order valence-corrected chi connectivity index (χ0v) is 11.7. The molecule has 21 heavy (non-hydrogen) atoms. The van der Waals surface area contributed by atoms with E-state index in [1.165, 1.54) is 31.4 Å². The van der Waals surface area contributed by atoms with Crippen molar-refractivity contribution in [3.63, 3.8) is 0 Å². The van der Waals surface area contributed by atoms with Crippen LogP contribution in [0.5, 0.6) is 0 Å². The van der Waals surface area contributed by atoms with Crippen LogP contribution >= 0.6 is 0 Å². The average Bonchev–Trinajstić information content (AvgIpc) is 2.48. The molecular formula is C15H19FN2O3. The van der Waals surface area contributed by atoms with Crippen LogP contribution in [0.1, 0.15) is 42.5 Å². The monoisotopic (exact) mass is 294 g/mol. The summed E-state index contributed by atoms with van der Waals surface area (Å²) >= 11 is 0. The summed E-state index contributed by atoms with van der Waals surface area (Å²) in [5, 5.41) is 13.9. The first kappa shape index (κ1) is 15.3. The zero-order valence-electron chi connectivity index (χ0n) is 11.7. The summed E-state index contributed by atoms with van der Waals surface area (Å²) in [5.41, 5.74) is -0.179. The Hall–Kier alpha value is -2.11. The fraction of sp³-hybridized carbons (Fsp3) is 0.467. The Morgan fingerprint density at radius 3 is 2.57 bits per heavy atom. The molecule has 1 aliphatic rings. The Balaban J connectivity index is 1.85. The van der Waals surface area contributed by atoms with Crippen molar-refractivity contribution in [1.82, 2.24) is 5.32 Å². The van der Waals surface area contributed by atoms with Crippen LogP contribution in [0.15, 0.2) is 18.2 Å². The predicted molar refractivity (Wildman–Crippen MR) is 77.0 cm³/mol. The van der Waals surface area contributed by atoms with Gasteiger partial charge in [-0.3, -0.25) is 0 Å². The molecule has 0 unspecified atom stereocenters. The van der Waals surface area contributed by atoms with E-state index in [-0.39, 0.29) is 11.3 Å². The number of hydrogen-bond donors (Lipinski definition) is 3. The van der Waals surface area contributed by atoms with Crippen LogP contribution in [0.4, 0.5) is 14.9 Å². The van der Waals surface area contributed by atoms with Crippen molar-refractivity contribution in [2.45, 2.75) is 32.1 Å². The number of halogens is 1. The highest BCUT2D eigenvalue weighted by atomic mass is 19.1. The van der Waals surface area contributed by atoms with Crippen molar-refractivity contribution in [3.8, 4) is 0 Å². The van der Waals surface area contributed by atoms with E-state index in [0.717, 1.165) is 18.9 Å². The van der Waals surface area contributed by atoms with Gasteiger partial charge in [0.15, 0.2) is 0 Å². The maximum atomic E-state index is 13.7. The average molecular weight is 294 g/mol. The number of urea groups is 1. The van der Waals surface area contributed by atoms with Gasteiger partial charge in [0, 0.05) is 6.54 Å². The van der Waals surface area contributed by atoms with Crippen LogP contribution in [0.2, 0.25) is 0 Å². The lowest BCUT2D eigenvalue weighted by molar-refractivity contribution is 0.0696. The summed E-state index contributed by atoms with van der Waals surface area (Å²) in [7, 11) is 0. The minimum absolute atomic E-state index is 0.0267. The molecule has 6 heteroatoms. The molecule has 1 aliphatic carbocycles. The first-order valence-electron chi connectivity index (χ1n) is 7.14. The topological polar surface area (TPSA) is 78.4 Å². The maximum absolute atomic E-state index is 13.7. The molecule has 0 heterocycles. The molecule has 0 aliphatic heterocycles. The number of benzene rings is 1. The van der Waals surface area contributed by atoms with E-state index in [4.69, 9.17) is 5.11 Å². The first-order valence-corrected chi connectivity index (χ1v) is 7.14. The second-order valence-electron chi connectivity index (χ2n) is 5.34. The van der Waals surface area contributed by atoms with E-state index in [0.29, 0.717) is 12.5 Å². The van der Waals surface area contributed by atoms with Crippen LogP contribution in [0.25, 0.3) is 0 Å². The van der Waals surface area contributed by atoms with Crippen molar-refractivity contribution in [2.24, 2.45) is 5.92 Å². The Labute approximate surface area is 122 Å². The number of amides is 2. The van der Waals surface area contributed by atoms with E-state index < -0.39 is 17.8 Å². The van der Waals surface area contributed by atoms with Crippen molar-refractivity contribution in [3.05, 3.63) is 29.6 Å². The van der Waals surface area contributed by atoms with E-state index in [9.17, 15) is 14.0 Å². The molecular weight excluding hydrogens is 275 g/mol. The molecule has 1 aromatic carbocycles. The van der Waals surface area contributed by atoms with E-state index in [2.05, 4.69) is 10.6 Å². The smallest absolute Gasteiger partial charge is 0.335 e. The Morgan fingerprint density at radius 2 is 1.95 bits per heavy atom. The molecule has 3 N–H and O–H groups in total. The fourth-order valence-electron chi connectivity index (χ4n) is 2.54. The third kappa shape index (κ3) is 4.44. The molecule has 2 rings (SSSR count). The highest BCUT2D eigenvalue weighted by molar-refractivity contribution is 5.91. The lowest BCUT2D eigenvalue weighted by atomic mass is 9.89. The van der Waals surface area contributed by atoms with Crippen molar-refractivity contribution >= 4 is 17.7 Å². The molecule has 5 nitrogen and oxygen atoms in total. The zero-order chi connectivity index (χ0) is 15.2. The third-order valence-corrected chi connectivity index (χ3v) is 3.74. The van der Waals surface area contributed by atoms with Gasteiger partial charge in [-0.2, -0.15) is 0 Å². The number of rotatable bonds is 4. The van der Waals surface area contributed by atoms with Crippen molar-refractivity contribution in [1.29, 1.82) is 0 Å².